The lowest BCUT2D eigenvalue weighted by atomic mass is 9.96. The Kier molecular flexibility index (Phi) is 5.40. The first-order chi connectivity index (χ1) is 9.69. The molecular formula is C16H21ClN4. The average molecular weight is 305 g/mol. The summed E-state index contributed by atoms with van der Waals surface area (Å²) in [7, 11) is 0. The van der Waals surface area contributed by atoms with E-state index in [4.69, 9.17) is 17.3 Å². The fourth-order valence-electron chi connectivity index (χ4n) is 1.81. The minimum atomic E-state index is 0.0624. The number of hydrogen-bond acceptors (Lipinski definition) is 4. The van der Waals surface area contributed by atoms with Crippen LogP contribution in [0.4, 0.5) is 11.4 Å². The normalized spacial score (nSPS) is 12.4. The SMILES string of the molecule is C=Nc1c(Cl)cc(N)cc1/C(NCC(C)(C)C)=C(\C)C#N. The highest BCUT2D eigenvalue weighted by molar-refractivity contribution is 6.33. The van der Waals surface area contributed by atoms with E-state index in [1.807, 2.05) is 0 Å². The van der Waals surface area contributed by atoms with E-state index in [-0.39, 0.29) is 5.41 Å². The summed E-state index contributed by atoms with van der Waals surface area (Å²) in [6.45, 7) is 12.3. The van der Waals surface area contributed by atoms with Gasteiger partial charge in [0.05, 0.1) is 28.0 Å². The van der Waals surface area contributed by atoms with Crippen LogP contribution in [0, 0.1) is 16.7 Å². The van der Waals surface area contributed by atoms with E-state index in [1.165, 1.54) is 0 Å². The minimum absolute atomic E-state index is 0.0624. The lowest BCUT2D eigenvalue weighted by molar-refractivity contribution is 0.405. The van der Waals surface area contributed by atoms with Gasteiger partial charge in [-0.3, -0.25) is 4.99 Å². The van der Waals surface area contributed by atoms with Gasteiger partial charge in [-0.15, -0.1) is 0 Å². The van der Waals surface area contributed by atoms with Gasteiger partial charge in [0, 0.05) is 17.8 Å². The maximum atomic E-state index is 9.24. The molecule has 0 fully saturated rings. The standard InChI is InChI=1S/C16H21ClN4/c1-10(8-18)14(21-9-16(2,3)4)12-6-11(19)7-13(17)15(12)20-5/h6-7,21H,5,9,19H2,1-4H3/b14-10-. The number of aliphatic imine (C=N–C) groups is 1. The van der Waals surface area contributed by atoms with Crippen molar-refractivity contribution in [2.75, 3.05) is 12.3 Å². The molecule has 1 aromatic rings. The third-order valence-corrected chi connectivity index (χ3v) is 3.14. The van der Waals surface area contributed by atoms with Crippen molar-refractivity contribution in [2.45, 2.75) is 27.7 Å². The van der Waals surface area contributed by atoms with Gasteiger partial charge in [0.25, 0.3) is 0 Å². The Labute approximate surface area is 131 Å². The van der Waals surface area contributed by atoms with E-state index in [0.717, 1.165) is 0 Å². The average Bonchev–Trinajstić information content (AvgIpc) is 2.36. The maximum absolute atomic E-state index is 9.24. The number of rotatable bonds is 4. The Morgan fingerprint density at radius 2 is 2.10 bits per heavy atom. The third kappa shape index (κ3) is 4.51. The van der Waals surface area contributed by atoms with Crippen molar-refractivity contribution in [1.29, 1.82) is 5.26 Å². The highest BCUT2D eigenvalue weighted by atomic mass is 35.5. The van der Waals surface area contributed by atoms with E-state index < -0.39 is 0 Å². The van der Waals surface area contributed by atoms with Crippen LogP contribution < -0.4 is 11.1 Å². The minimum Gasteiger partial charge on any atom is -0.399 e. The molecule has 0 aromatic heterocycles. The molecule has 5 heteroatoms. The molecule has 0 saturated heterocycles. The number of nitrogens with zero attached hydrogens (tertiary/aromatic N) is 2. The molecule has 4 nitrogen and oxygen atoms in total. The fourth-order valence-corrected chi connectivity index (χ4v) is 2.10. The van der Waals surface area contributed by atoms with Crippen LogP contribution in [0.3, 0.4) is 0 Å². The van der Waals surface area contributed by atoms with E-state index in [1.54, 1.807) is 19.1 Å². The van der Waals surface area contributed by atoms with Crippen molar-refractivity contribution < 1.29 is 0 Å². The Balaban J connectivity index is 3.42. The maximum Gasteiger partial charge on any atom is 0.0966 e. The molecule has 0 heterocycles. The van der Waals surface area contributed by atoms with Crippen LogP contribution in [-0.2, 0) is 0 Å². The number of nitrogens with two attached hydrogens (primary N) is 1. The van der Waals surface area contributed by atoms with Crippen molar-refractivity contribution in [2.24, 2.45) is 10.4 Å². The van der Waals surface area contributed by atoms with Crippen LogP contribution in [0.15, 0.2) is 22.7 Å². The van der Waals surface area contributed by atoms with Gasteiger partial charge in [-0.1, -0.05) is 32.4 Å². The Bertz CT molecular complexity index is 618. The molecule has 1 rings (SSSR count). The molecule has 0 spiro atoms. The van der Waals surface area contributed by atoms with Crippen LogP contribution in [0.1, 0.15) is 33.3 Å². The zero-order valence-electron chi connectivity index (χ0n) is 12.9. The first-order valence-corrected chi connectivity index (χ1v) is 6.98. The second-order valence-corrected chi connectivity index (χ2v) is 6.49. The molecule has 0 aliphatic rings. The van der Waals surface area contributed by atoms with Crippen LogP contribution in [0.25, 0.3) is 5.70 Å². The fraction of sp³-hybridized carbons (Fsp3) is 0.375. The topological polar surface area (TPSA) is 74.2 Å². The van der Waals surface area contributed by atoms with Gasteiger partial charge in [-0.2, -0.15) is 5.26 Å². The van der Waals surface area contributed by atoms with Gasteiger partial charge in [-0.05, 0) is 31.2 Å². The molecule has 0 atom stereocenters. The molecule has 0 radical (unpaired) electrons. The van der Waals surface area contributed by atoms with Gasteiger partial charge >= 0.3 is 0 Å². The molecule has 21 heavy (non-hydrogen) atoms. The summed E-state index contributed by atoms with van der Waals surface area (Å²) in [5.74, 6) is 0. The summed E-state index contributed by atoms with van der Waals surface area (Å²) >= 11 is 6.17. The highest BCUT2D eigenvalue weighted by Crippen LogP contribution is 2.36. The number of halogens is 1. The largest absolute Gasteiger partial charge is 0.399 e. The van der Waals surface area contributed by atoms with E-state index in [2.05, 4.69) is 43.9 Å². The van der Waals surface area contributed by atoms with Crippen molar-refractivity contribution in [3.8, 4) is 6.07 Å². The Hall–Kier alpha value is -1.99. The molecule has 0 bridgehead atoms. The summed E-state index contributed by atoms with van der Waals surface area (Å²) in [6, 6.07) is 5.54. The van der Waals surface area contributed by atoms with Crippen LogP contribution >= 0.6 is 11.6 Å². The monoisotopic (exact) mass is 304 g/mol. The molecule has 112 valence electrons. The number of nitrogens with one attached hydrogen (secondary N) is 1. The zero-order valence-corrected chi connectivity index (χ0v) is 13.7. The second-order valence-electron chi connectivity index (χ2n) is 6.08. The molecule has 0 aliphatic heterocycles. The number of nitrogen functional groups attached to an aromatic ring is 1. The highest BCUT2D eigenvalue weighted by Gasteiger charge is 2.17. The summed E-state index contributed by atoms with van der Waals surface area (Å²) in [5.41, 5.74) is 8.89. The van der Waals surface area contributed by atoms with E-state index in [0.29, 0.717) is 39.8 Å². The Morgan fingerprint density at radius 3 is 2.57 bits per heavy atom. The molecule has 0 aliphatic carbocycles. The second kappa shape index (κ2) is 6.64. The molecule has 0 saturated carbocycles. The van der Waals surface area contributed by atoms with Crippen molar-refractivity contribution in [3.05, 3.63) is 28.3 Å². The van der Waals surface area contributed by atoms with Crippen molar-refractivity contribution in [1.82, 2.24) is 5.32 Å². The number of allylic oxidation sites excluding steroid dienone is 1. The van der Waals surface area contributed by atoms with Crippen molar-refractivity contribution >= 4 is 35.4 Å². The predicted octanol–water partition coefficient (Wildman–Crippen LogP) is 4.14. The third-order valence-electron chi connectivity index (χ3n) is 2.85. The van der Waals surface area contributed by atoms with Gasteiger partial charge in [0.1, 0.15) is 0 Å². The van der Waals surface area contributed by atoms with Crippen LogP contribution in [-0.4, -0.2) is 13.3 Å². The summed E-state index contributed by atoms with van der Waals surface area (Å²) in [4.78, 5) is 3.97. The first-order valence-electron chi connectivity index (χ1n) is 6.60. The molecule has 0 unspecified atom stereocenters. The number of nitriles is 1. The molecular weight excluding hydrogens is 284 g/mol. The summed E-state index contributed by atoms with van der Waals surface area (Å²) < 4.78 is 0. The number of hydrogen-bond donors (Lipinski definition) is 2. The summed E-state index contributed by atoms with van der Waals surface area (Å²) in [6.07, 6.45) is 0. The van der Waals surface area contributed by atoms with Crippen LogP contribution in [0.2, 0.25) is 5.02 Å². The first kappa shape index (κ1) is 17.1. The van der Waals surface area contributed by atoms with Crippen LogP contribution in [0.5, 0.6) is 0 Å². The van der Waals surface area contributed by atoms with E-state index >= 15 is 0 Å². The Morgan fingerprint density at radius 1 is 1.48 bits per heavy atom. The van der Waals surface area contributed by atoms with Gasteiger partial charge in [-0.25, -0.2) is 0 Å². The molecule has 3 N–H and O–H groups in total. The molecule has 0 amide bonds. The van der Waals surface area contributed by atoms with Gasteiger partial charge in [0.15, 0.2) is 0 Å². The van der Waals surface area contributed by atoms with Crippen molar-refractivity contribution in [3.63, 3.8) is 0 Å². The number of anilines is 1. The predicted molar refractivity (Wildman–Crippen MR) is 90.7 cm³/mol. The lowest BCUT2D eigenvalue weighted by Gasteiger charge is -2.23. The van der Waals surface area contributed by atoms with Gasteiger partial charge < -0.3 is 11.1 Å². The lowest BCUT2D eigenvalue weighted by Crippen LogP contribution is -2.26. The molecule has 1 aromatic carbocycles. The zero-order chi connectivity index (χ0) is 16.2. The summed E-state index contributed by atoms with van der Waals surface area (Å²) in [5, 5.41) is 13.0. The number of benzene rings is 1. The quantitative estimate of drug-likeness (QED) is 0.498. The smallest absolute Gasteiger partial charge is 0.0966 e. The van der Waals surface area contributed by atoms with Gasteiger partial charge in [0.2, 0.25) is 0 Å². The van der Waals surface area contributed by atoms with E-state index in [9.17, 15) is 5.26 Å².